The van der Waals surface area contributed by atoms with Gasteiger partial charge in [0, 0.05) is 11.5 Å². The normalized spacial score (nSPS) is 13.0. The lowest BCUT2D eigenvalue weighted by molar-refractivity contribution is 0.413. The summed E-state index contributed by atoms with van der Waals surface area (Å²) in [5, 5.41) is 17.4. The number of phenols is 1. The molecule has 34 heavy (non-hydrogen) atoms. The highest BCUT2D eigenvalue weighted by molar-refractivity contribution is 7.87. The number of methoxy groups -OCH3 is 1. The zero-order valence-electron chi connectivity index (χ0n) is 17.2. The Bertz CT molecular complexity index is 1680. The van der Waals surface area contributed by atoms with Gasteiger partial charge in [-0.3, -0.25) is 13.7 Å². The van der Waals surface area contributed by atoms with Crippen molar-refractivity contribution in [3.05, 3.63) is 42.0 Å². The molecule has 0 bridgehead atoms. The van der Waals surface area contributed by atoms with Crippen molar-refractivity contribution in [3.63, 3.8) is 0 Å². The molecule has 0 heterocycles. The van der Waals surface area contributed by atoms with Crippen LogP contribution in [0.3, 0.4) is 0 Å². The molecule has 16 heteroatoms. The van der Waals surface area contributed by atoms with Crippen LogP contribution < -0.4 is 4.74 Å². The van der Waals surface area contributed by atoms with E-state index in [2.05, 4.69) is 10.2 Å². The fourth-order valence-corrected chi connectivity index (χ4v) is 5.19. The van der Waals surface area contributed by atoms with Gasteiger partial charge in [-0.25, -0.2) is 0 Å². The van der Waals surface area contributed by atoms with Crippen LogP contribution in [0.25, 0.3) is 10.8 Å². The predicted octanol–water partition coefficient (Wildman–Crippen LogP) is 3.02. The molecule has 0 amide bonds. The summed E-state index contributed by atoms with van der Waals surface area (Å²) in [5.74, 6) is -0.753. The number of aryl methyl sites for hydroxylation is 1. The third-order valence-corrected chi connectivity index (χ3v) is 7.30. The maximum Gasteiger partial charge on any atom is 0.295 e. The van der Waals surface area contributed by atoms with Crippen molar-refractivity contribution in [1.82, 2.24) is 0 Å². The third kappa shape index (κ3) is 5.01. The highest BCUT2D eigenvalue weighted by atomic mass is 32.2. The average Bonchev–Trinajstić information content (AvgIpc) is 2.70. The van der Waals surface area contributed by atoms with Gasteiger partial charge in [0.15, 0.2) is 0 Å². The molecule has 3 aromatic carbocycles. The Morgan fingerprint density at radius 1 is 0.794 bits per heavy atom. The summed E-state index contributed by atoms with van der Waals surface area (Å²) < 4.78 is 103. The Kier molecular flexibility index (Phi) is 6.42. The van der Waals surface area contributed by atoms with Crippen LogP contribution in [0, 0.1) is 6.92 Å². The lowest BCUT2D eigenvalue weighted by Crippen LogP contribution is -2.04. The highest BCUT2D eigenvalue weighted by Crippen LogP contribution is 2.42. The van der Waals surface area contributed by atoms with Crippen molar-refractivity contribution in [2.24, 2.45) is 10.2 Å². The number of ether oxygens (including phenoxy) is 1. The van der Waals surface area contributed by atoms with E-state index in [1.165, 1.54) is 20.1 Å². The number of benzene rings is 3. The lowest BCUT2D eigenvalue weighted by atomic mass is 10.1. The minimum atomic E-state index is -5.08. The summed E-state index contributed by atoms with van der Waals surface area (Å²) in [6, 6.07) is 5.71. The molecule has 0 unspecified atom stereocenters. The average molecular weight is 533 g/mol. The van der Waals surface area contributed by atoms with Crippen LogP contribution in [0.15, 0.2) is 61.3 Å². The lowest BCUT2D eigenvalue weighted by Gasteiger charge is -2.11. The number of fused-ring (bicyclic) bond motifs is 1. The zero-order valence-corrected chi connectivity index (χ0v) is 19.7. The molecule has 0 aromatic heterocycles. The molecule has 4 N–H and O–H groups in total. The van der Waals surface area contributed by atoms with Crippen molar-refractivity contribution >= 4 is 52.5 Å². The SMILES string of the molecule is COc1cc(S(=O)(=O)O)c(C)cc1N=Nc1c(O)ccc2cc(S(=O)(=O)O)cc(S(=O)(=O)O)c12. The molecule has 182 valence electrons. The highest BCUT2D eigenvalue weighted by Gasteiger charge is 2.24. The van der Waals surface area contributed by atoms with E-state index >= 15 is 0 Å². The topological polar surface area (TPSA) is 217 Å². The Balaban J connectivity index is 2.34. The van der Waals surface area contributed by atoms with Crippen LogP contribution in [0.4, 0.5) is 11.4 Å². The van der Waals surface area contributed by atoms with E-state index in [4.69, 9.17) is 4.74 Å². The summed E-state index contributed by atoms with van der Waals surface area (Å²) in [4.78, 5) is -2.27. The summed E-state index contributed by atoms with van der Waals surface area (Å²) in [5.41, 5.74) is -0.506. The van der Waals surface area contributed by atoms with E-state index in [1.54, 1.807) is 0 Å². The fourth-order valence-electron chi connectivity index (χ4n) is 3.10. The number of azo groups is 1. The first kappa shape index (κ1) is 25.5. The van der Waals surface area contributed by atoms with Gasteiger partial charge in [0.25, 0.3) is 30.4 Å². The summed E-state index contributed by atoms with van der Waals surface area (Å²) in [7, 11) is -13.3. The van der Waals surface area contributed by atoms with Gasteiger partial charge in [-0.05, 0) is 42.1 Å². The summed E-state index contributed by atoms with van der Waals surface area (Å²) in [6.45, 7) is 1.35. The molecule has 3 rings (SSSR count). The number of aromatic hydroxyl groups is 1. The molecule has 3 aromatic rings. The van der Waals surface area contributed by atoms with E-state index in [0.717, 1.165) is 24.3 Å². The zero-order chi connectivity index (χ0) is 25.6. The van der Waals surface area contributed by atoms with Gasteiger partial charge in [-0.1, -0.05) is 6.07 Å². The van der Waals surface area contributed by atoms with Gasteiger partial charge < -0.3 is 9.84 Å². The van der Waals surface area contributed by atoms with Crippen LogP contribution >= 0.6 is 0 Å². The van der Waals surface area contributed by atoms with Crippen LogP contribution in [0.2, 0.25) is 0 Å². The van der Waals surface area contributed by atoms with Gasteiger partial charge in [0.1, 0.15) is 32.7 Å². The molecule has 0 atom stereocenters. The quantitative estimate of drug-likeness (QED) is 0.267. The molecule has 0 saturated carbocycles. The second-order valence-electron chi connectivity index (χ2n) is 6.87. The molecular formula is C18H16N2O11S3. The van der Waals surface area contributed by atoms with Crippen molar-refractivity contribution in [2.75, 3.05) is 7.11 Å². The van der Waals surface area contributed by atoms with E-state index in [-0.39, 0.29) is 22.4 Å². The maximum atomic E-state index is 12.0. The Labute approximate surface area is 193 Å². The summed E-state index contributed by atoms with van der Waals surface area (Å²) >= 11 is 0. The van der Waals surface area contributed by atoms with Gasteiger partial charge in [-0.15, -0.1) is 10.2 Å². The number of hydrogen-bond donors (Lipinski definition) is 4. The first-order valence-corrected chi connectivity index (χ1v) is 13.2. The van der Waals surface area contributed by atoms with E-state index < -0.39 is 61.9 Å². The molecule has 0 aliphatic carbocycles. The second-order valence-corrected chi connectivity index (χ2v) is 11.1. The largest absolute Gasteiger partial charge is 0.506 e. The number of hydrogen-bond acceptors (Lipinski definition) is 10. The Morgan fingerprint density at radius 2 is 1.41 bits per heavy atom. The molecule has 0 aliphatic rings. The van der Waals surface area contributed by atoms with Gasteiger partial charge in [-0.2, -0.15) is 25.3 Å². The van der Waals surface area contributed by atoms with Crippen LogP contribution in [0.1, 0.15) is 5.56 Å². The first-order chi connectivity index (χ1) is 15.5. The first-order valence-electron chi connectivity index (χ1n) is 8.86. The number of rotatable bonds is 6. The van der Waals surface area contributed by atoms with E-state index in [0.29, 0.717) is 6.07 Å². The Morgan fingerprint density at radius 3 is 1.94 bits per heavy atom. The molecule has 0 fully saturated rings. The second kappa shape index (κ2) is 8.57. The number of nitrogens with zero attached hydrogens (tertiary/aromatic N) is 2. The van der Waals surface area contributed by atoms with Crippen LogP contribution in [-0.4, -0.2) is 51.1 Å². The molecule has 13 nitrogen and oxygen atoms in total. The molecule has 0 spiro atoms. The molecular weight excluding hydrogens is 516 g/mol. The van der Waals surface area contributed by atoms with Crippen LogP contribution in [0.5, 0.6) is 11.5 Å². The maximum absolute atomic E-state index is 12.0. The van der Waals surface area contributed by atoms with Gasteiger partial charge >= 0.3 is 0 Å². The van der Waals surface area contributed by atoms with E-state index in [1.807, 2.05) is 0 Å². The van der Waals surface area contributed by atoms with Crippen molar-refractivity contribution < 1.29 is 48.8 Å². The van der Waals surface area contributed by atoms with Gasteiger partial charge in [0.05, 0.1) is 12.0 Å². The van der Waals surface area contributed by atoms with Crippen molar-refractivity contribution in [2.45, 2.75) is 21.6 Å². The molecule has 0 radical (unpaired) electrons. The summed E-state index contributed by atoms with van der Waals surface area (Å²) in [6.07, 6.45) is 0. The minimum Gasteiger partial charge on any atom is -0.506 e. The predicted molar refractivity (Wildman–Crippen MR) is 117 cm³/mol. The Hall–Kier alpha value is -3.15. The van der Waals surface area contributed by atoms with Crippen LogP contribution in [-0.2, 0) is 30.4 Å². The van der Waals surface area contributed by atoms with E-state index in [9.17, 15) is 44.0 Å². The van der Waals surface area contributed by atoms with Crippen molar-refractivity contribution in [1.29, 1.82) is 0 Å². The smallest absolute Gasteiger partial charge is 0.295 e. The minimum absolute atomic E-state index is 0.0656. The fraction of sp³-hybridized carbons (Fsp3) is 0.111. The van der Waals surface area contributed by atoms with Crippen molar-refractivity contribution in [3.8, 4) is 11.5 Å². The standard InChI is InChI=1S/C18H16N2O11S3/c1-9-5-12(14(31-2)8-15(9)33(25,26)27)19-20-18-13(21)4-3-10-6-11(32(22,23)24)7-16(17(10)18)34(28,29)30/h3-8,21H,1-2H3,(H,22,23,24)(H,25,26,27)(H,28,29,30). The third-order valence-electron chi connectivity index (χ3n) is 4.59. The molecule has 0 saturated heterocycles. The molecule has 0 aliphatic heterocycles. The van der Waals surface area contributed by atoms with Gasteiger partial charge in [0.2, 0.25) is 0 Å². The number of phenolic OH excluding ortho intramolecular Hbond substituents is 1. The monoisotopic (exact) mass is 532 g/mol.